The molecule has 0 radical (unpaired) electrons. The van der Waals surface area contributed by atoms with Crippen LogP contribution in [0.4, 0.5) is 5.69 Å². The summed E-state index contributed by atoms with van der Waals surface area (Å²) >= 11 is 0. The highest BCUT2D eigenvalue weighted by Crippen LogP contribution is 2.11. The van der Waals surface area contributed by atoms with Crippen LogP contribution in [0.5, 0.6) is 0 Å². The van der Waals surface area contributed by atoms with Crippen molar-refractivity contribution in [1.82, 2.24) is 4.98 Å². The second kappa shape index (κ2) is 7.69. The maximum Gasteiger partial charge on any atom is 0.340 e. The Morgan fingerprint density at radius 2 is 2.06 bits per heavy atom. The molecule has 0 aromatic carbocycles. The molecule has 0 saturated carbocycles. The summed E-state index contributed by atoms with van der Waals surface area (Å²) in [5.41, 5.74) is 7.20. The number of aryl methyl sites for hydroxylation is 1. The molecular weight excluding hydrogens is 228 g/mol. The minimum absolute atomic E-state index is 0.331. The van der Waals surface area contributed by atoms with Crippen LogP contribution in [0, 0.1) is 6.92 Å². The predicted molar refractivity (Wildman–Crippen MR) is 72.4 cm³/mol. The average Bonchev–Trinajstić information content (AvgIpc) is 2.36. The van der Waals surface area contributed by atoms with Gasteiger partial charge in [0.1, 0.15) is 0 Å². The summed E-state index contributed by atoms with van der Waals surface area (Å²) in [4.78, 5) is 15.8. The molecule has 0 fully saturated rings. The smallest absolute Gasteiger partial charge is 0.340 e. The lowest BCUT2D eigenvalue weighted by molar-refractivity contribution is 0.0496. The van der Waals surface area contributed by atoms with Crippen LogP contribution in [0.25, 0.3) is 0 Å². The van der Waals surface area contributed by atoms with Crippen molar-refractivity contribution in [3.8, 4) is 0 Å². The topological polar surface area (TPSA) is 65.2 Å². The van der Waals surface area contributed by atoms with Crippen LogP contribution in [0.15, 0.2) is 12.3 Å². The second-order valence-electron chi connectivity index (χ2n) is 4.45. The third-order valence-electron chi connectivity index (χ3n) is 2.81. The Balaban J connectivity index is 2.34. The number of esters is 1. The van der Waals surface area contributed by atoms with Crippen molar-refractivity contribution >= 4 is 11.7 Å². The van der Waals surface area contributed by atoms with Crippen LogP contribution >= 0.6 is 0 Å². The number of nitrogen functional groups attached to an aromatic ring is 1. The highest BCUT2D eigenvalue weighted by atomic mass is 16.5. The molecule has 18 heavy (non-hydrogen) atoms. The van der Waals surface area contributed by atoms with Crippen LogP contribution in [0.3, 0.4) is 0 Å². The number of nitrogens with two attached hydrogens (primary N) is 1. The van der Waals surface area contributed by atoms with Crippen molar-refractivity contribution in [1.29, 1.82) is 0 Å². The summed E-state index contributed by atoms with van der Waals surface area (Å²) in [5.74, 6) is -0.331. The monoisotopic (exact) mass is 250 g/mol. The molecule has 100 valence electrons. The Kier molecular flexibility index (Phi) is 6.19. The van der Waals surface area contributed by atoms with Crippen LogP contribution in [0.1, 0.15) is 55.1 Å². The van der Waals surface area contributed by atoms with Gasteiger partial charge >= 0.3 is 5.97 Å². The van der Waals surface area contributed by atoms with Gasteiger partial charge in [-0.05, 0) is 19.4 Å². The highest BCUT2D eigenvalue weighted by molar-refractivity contribution is 5.91. The number of hydrogen-bond donors (Lipinski definition) is 1. The number of carbonyl (C=O) groups excluding carboxylic acids is 1. The molecule has 0 spiro atoms. The van der Waals surface area contributed by atoms with Crippen LogP contribution in [-0.2, 0) is 4.74 Å². The molecule has 2 N–H and O–H groups in total. The molecule has 0 aliphatic carbocycles. The number of hydrogen-bond acceptors (Lipinski definition) is 4. The van der Waals surface area contributed by atoms with Crippen molar-refractivity contribution in [2.75, 3.05) is 12.3 Å². The van der Waals surface area contributed by atoms with E-state index in [1.165, 1.54) is 25.5 Å². The van der Waals surface area contributed by atoms with E-state index in [-0.39, 0.29) is 5.97 Å². The van der Waals surface area contributed by atoms with Crippen LogP contribution in [-0.4, -0.2) is 17.6 Å². The minimum Gasteiger partial charge on any atom is -0.462 e. The summed E-state index contributed by atoms with van der Waals surface area (Å²) < 4.78 is 5.21. The summed E-state index contributed by atoms with van der Waals surface area (Å²) in [6.07, 6.45) is 7.22. The summed E-state index contributed by atoms with van der Waals surface area (Å²) in [6, 6.07) is 1.61. The number of pyridine rings is 1. The predicted octanol–water partition coefficient (Wildman–Crippen LogP) is 3.10. The van der Waals surface area contributed by atoms with E-state index < -0.39 is 0 Å². The van der Waals surface area contributed by atoms with E-state index in [0.717, 1.165) is 12.8 Å². The standard InChI is InChI=1S/C14H22N2O2/c1-3-4-5-6-7-8-18-14(17)13-9-12(15)10-16-11(13)2/h9-10H,3-8,15H2,1-2H3. The lowest BCUT2D eigenvalue weighted by atomic mass is 10.1. The number of aromatic nitrogens is 1. The third kappa shape index (κ3) is 4.73. The van der Waals surface area contributed by atoms with Crippen molar-refractivity contribution in [2.24, 2.45) is 0 Å². The van der Waals surface area contributed by atoms with Gasteiger partial charge in [-0.1, -0.05) is 32.6 Å². The van der Waals surface area contributed by atoms with Gasteiger partial charge in [-0.15, -0.1) is 0 Å². The van der Waals surface area contributed by atoms with E-state index >= 15 is 0 Å². The van der Waals surface area contributed by atoms with E-state index in [1.807, 2.05) is 0 Å². The maximum absolute atomic E-state index is 11.8. The fraction of sp³-hybridized carbons (Fsp3) is 0.571. The Labute approximate surface area is 109 Å². The van der Waals surface area contributed by atoms with Gasteiger partial charge in [0.15, 0.2) is 0 Å². The number of anilines is 1. The first kappa shape index (κ1) is 14.5. The molecule has 1 heterocycles. The highest BCUT2D eigenvalue weighted by Gasteiger charge is 2.11. The van der Waals surface area contributed by atoms with Gasteiger partial charge in [-0.25, -0.2) is 4.79 Å². The normalized spacial score (nSPS) is 10.3. The number of nitrogens with zero attached hydrogens (tertiary/aromatic N) is 1. The SMILES string of the molecule is CCCCCCCOC(=O)c1cc(N)cnc1C. The lowest BCUT2D eigenvalue weighted by Gasteiger charge is -2.07. The van der Waals surface area contributed by atoms with Crippen molar-refractivity contribution in [2.45, 2.75) is 46.0 Å². The largest absolute Gasteiger partial charge is 0.462 e. The fourth-order valence-corrected chi connectivity index (χ4v) is 1.70. The molecule has 0 unspecified atom stereocenters. The van der Waals surface area contributed by atoms with Gasteiger partial charge in [-0.3, -0.25) is 4.98 Å². The van der Waals surface area contributed by atoms with Crippen molar-refractivity contribution < 1.29 is 9.53 Å². The van der Waals surface area contributed by atoms with Gasteiger partial charge in [0, 0.05) is 0 Å². The molecule has 4 nitrogen and oxygen atoms in total. The zero-order valence-corrected chi connectivity index (χ0v) is 11.2. The van der Waals surface area contributed by atoms with Crippen molar-refractivity contribution in [3.05, 3.63) is 23.5 Å². The maximum atomic E-state index is 11.8. The van der Waals surface area contributed by atoms with Crippen LogP contribution < -0.4 is 5.73 Å². The first-order valence-electron chi connectivity index (χ1n) is 6.54. The molecule has 0 aliphatic rings. The van der Waals surface area contributed by atoms with E-state index in [9.17, 15) is 4.79 Å². The molecule has 0 atom stereocenters. The molecule has 0 saturated heterocycles. The second-order valence-corrected chi connectivity index (χ2v) is 4.45. The Hall–Kier alpha value is -1.58. The molecule has 0 bridgehead atoms. The molecule has 0 amide bonds. The first-order chi connectivity index (χ1) is 8.65. The zero-order valence-electron chi connectivity index (χ0n) is 11.2. The quantitative estimate of drug-likeness (QED) is 0.596. The van der Waals surface area contributed by atoms with E-state index in [0.29, 0.717) is 23.6 Å². The van der Waals surface area contributed by atoms with Gasteiger partial charge < -0.3 is 10.5 Å². The van der Waals surface area contributed by atoms with E-state index in [4.69, 9.17) is 10.5 Å². The molecule has 1 rings (SSSR count). The van der Waals surface area contributed by atoms with Gasteiger partial charge in [0.05, 0.1) is 29.7 Å². The lowest BCUT2D eigenvalue weighted by Crippen LogP contribution is -2.10. The van der Waals surface area contributed by atoms with Gasteiger partial charge in [0.25, 0.3) is 0 Å². The Bertz CT molecular complexity index is 391. The van der Waals surface area contributed by atoms with E-state index in [1.54, 1.807) is 13.0 Å². The van der Waals surface area contributed by atoms with Crippen molar-refractivity contribution in [3.63, 3.8) is 0 Å². The average molecular weight is 250 g/mol. The molecule has 0 aliphatic heterocycles. The number of carbonyl (C=O) groups is 1. The summed E-state index contributed by atoms with van der Waals surface area (Å²) in [7, 11) is 0. The van der Waals surface area contributed by atoms with Gasteiger partial charge in [0.2, 0.25) is 0 Å². The zero-order chi connectivity index (χ0) is 13.4. The minimum atomic E-state index is -0.331. The summed E-state index contributed by atoms with van der Waals surface area (Å²) in [6.45, 7) is 4.42. The fourth-order valence-electron chi connectivity index (χ4n) is 1.70. The molecule has 1 aromatic rings. The molecular formula is C14H22N2O2. The van der Waals surface area contributed by atoms with Crippen LogP contribution in [0.2, 0.25) is 0 Å². The first-order valence-corrected chi connectivity index (χ1v) is 6.54. The Morgan fingerprint density at radius 3 is 2.78 bits per heavy atom. The molecule has 4 heteroatoms. The summed E-state index contributed by atoms with van der Waals surface area (Å²) in [5, 5.41) is 0. The Morgan fingerprint density at radius 1 is 1.33 bits per heavy atom. The number of rotatable bonds is 7. The van der Waals surface area contributed by atoms with E-state index in [2.05, 4.69) is 11.9 Å². The third-order valence-corrected chi connectivity index (χ3v) is 2.81. The number of ether oxygens (including phenoxy) is 1. The number of unbranched alkanes of at least 4 members (excludes halogenated alkanes) is 4. The van der Waals surface area contributed by atoms with Gasteiger partial charge in [-0.2, -0.15) is 0 Å². The molecule has 1 aromatic heterocycles.